The van der Waals surface area contributed by atoms with E-state index in [1.54, 1.807) is 23.1 Å². The van der Waals surface area contributed by atoms with Crippen LogP contribution in [0.3, 0.4) is 0 Å². The zero-order valence-corrected chi connectivity index (χ0v) is 17.6. The van der Waals surface area contributed by atoms with Crippen molar-refractivity contribution in [2.75, 3.05) is 32.6 Å². The van der Waals surface area contributed by atoms with Gasteiger partial charge < -0.3 is 19.7 Å². The molecule has 0 saturated carbocycles. The van der Waals surface area contributed by atoms with Crippen molar-refractivity contribution in [1.82, 2.24) is 4.90 Å². The van der Waals surface area contributed by atoms with E-state index < -0.39 is 5.91 Å². The zero-order chi connectivity index (χ0) is 20.8. The number of nitrogens with one attached hydrogen (secondary N) is 1. The summed E-state index contributed by atoms with van der Waals surface area (Å²) in [5.74, 6) is 0.141. The molecule has 8 heteroatoms. The van der Waals surface area contributed by atoms with Crippen molar-refractivity contribution in [2.45, 2.75) is 13.8 Å². The van der Waals surface area contributed by atoms with Crippen molar-refractivity contribution in [2.24, 2.45) is 0 Å². The van der Waals surface area contributed by atoms with Crippen molar-refractivity contribution in [3.63, 3.8) is 0 Å². The van der Waals surface area contributed by atoms with E-state index in [9.17, 15) is 9.59 Å². The number of methoxy groups -OCH3 is 2. The molecule has 6 nitrogen and oxygen atoms in total. The highest BCUT2D eigenvalue weighted by atomic mass is 35.5. The van der Waals surface area contributed by atoms with Gasteiger partial charge >= 0.3 is 0 Å². The second-order valence-electron chi connectivity index (χ2n) is 5.82. The minimum Gasteiger partial charge on any atom is -0.493 e. The maximum absolute atomic E-state index is 12.6. The first kappa shape index (κ1) is 21.9. The molecule has 0 bridgehead atoms. The van der Waals surface area contributed by atoms with Crippen LogP contribution in [0.5, 0.6) is 11.5 Å². The lowest BCUT2D eigenvalue weighted by Crippen LogP contribution is -2.30. The SMILES string of the molecule is CCN(CC)C(=O)c1ccc(NC(=O)c2cc(Cl)c(OC)c(OC)c2)cc1Cl. The van der Waals surface area contributed by atoms with Crippen LogP contribution in [0.4, 0.5) is 5.69 Å². The predicted molar refractivity (Wildman–Crippen MR) is 111 cm³/mol. The van der Waals surface area contributed by atoms with Gasteiger partial charge in [0, 0.05) is 24.3 Å². The van der Waals surface area contributed by atoms with Crippen molar-refractivity contribution in [3.05, 3.63) is 51.5 Å². The second kappa shape index (κ2) is 9.66. The largest absolute Gasteiger partial charge is 0.493 e. The summed E-state index contributed by atoms with van der Waals surface area (Å²) in [6, 6.07) is 7.78. The molecule has 0 aliphatic rings. The zero-order valence-electron chi connectivity index (χ0n) is 16.1. The molecule has 0 aliphatic carbocycles. The topological polar surface area (TPSA) is 67.9 Å². The fraction of sp³-hybridized carbons (Fsp3) is 0.300. The molecule has 0 unspecified atom stereocenters. The van der Waals surface area contributed by atoms with E-state index in [0.717, 1.165) is 0 Å². The molecule has 0 aliphatic heterocycles. The van der Waals surface area contributed by atoms with Crippen LogP contribution in [0.1, 0.15) is 34.6 Å². The number of carbonyl (C=O) groups excluding carboxylic acids is 2. The number of rotatable bonds is 7. The Bertz CT molecular complexity index is 883. The van der Waals surface area contributed by atoms with Gasteiger partial charge in [-0.05, 0) is 44.2 Å². The molecule has 0 fully saturated rings. The molecule has 0 atom stereocenters. The summed E-state index contributed by atoms with van der Waals surface area (Å²) < 4.78 is 10.4. The molecule has 1 N–H and O–H groups in total. The second-order valence-corrected chi connectivity index (χ2v) is 6.63. The standard InChI is InChI=1S/C20H22Cl2N2O4/c1-5-24(6-2)20(26)14-8-7-13(11-15(14)21)23-19(25)12-9-16(22)18(28-4)17(10-12)27-3/h7-11H,5-6H2,1-4H3,(H,23,25). The average molecular weight is 425 g/mol. The van der Waals surface area contributed by atoms with Gasteiger partial charge in [-0.2, -0.15) is 0 Å². The van der Waals surface area contributed by atoms with E-state index in [0.29, 0.717) is 41.4 Å². The summed E-state index contributed by atoms with van der Waals surface area (Å²) in [4.78, 5) is 26.7. The average Bonchev–Trinajstić information content (AvgIpc) is 2.68. The molecule has 2 rings (SSSR count). The quantitative estimate of drug-likeness (QED) is 0.696. The van der Waals surface area contributed by atoms with Crippen molar-refractivity contribution >= 4 is 40.7 Å². The Morgan fingerprint density at radius 1 is 1.00 bits per heavy atom. The number of halogens is 2. The number of carbonyl (C=O) groups is 2. The van der Waals surface area contributed by atoms with Gasteiger partial charge in [0.25, 0.3) is 11.8 Å². The predicted octanol–water partition coefficient (Wildman–Crippen LogP) is 4.74. The van der Waals surface area contributed by atoms with Crippen LogP contribution in [-0.4, -0.2) is 44.0 Å². The Hall–Kier alpha value is -2.44. The molecule has 0 aromatic heterocycles. The van der Waals surface area contributed by atoms with Gasteiger partial charge in [-0.1, -0.05) is 23.2 Å². The van der Waals surface area contributed by atoms with Crippen LogP contribution in [0.25, 0.3) is 0 Å². The maximum Gasteiger partial charge on any atom is 0.255 e. The highest BCUT2D eigenvalue weighted by molar-refractivity contribution is 6.34. The fourth-order valence-electron chi connectivity index (χ4n) is 2.70. The van der Waals surface area contributed by atoms with Crippen molar-refractivity contribution < 1.29 is 19.1 Å². The molecule has 0 saturated heterocycles. The van der Waals surface area contributed by atoms with Gasteiger partial charge in [0.05, 0.1) is 29.8 Å². The third kappa shape index (κ3) is 4.69. The summed E-state index contributed by atoms with van der Waals surface area (Å²) in [6.45, 7) is 4.98. The van der Waals surface area contributed by atoms with Crippen molar-refractivity contribution in [3.8, 4) is 11.5 Å². The van der Waals surface area contributed by atoms with E-state index in [1.807, 2.05) is 13.8 Å². The minimum absolute atomic E-state index is 0.153. The highest BCUT2D eigenvalue weighted by Crippen LogP contribution is 2.36. The van der Waals surface area contributed by atoms with Gasteiger partial charge in [0.1, 0.15) is 0 Å². The monoisotopic (exact) mass is 424 g/mol. The Morgan fingerprint density at radius 2 is 1.68 bits per heavy atom. The van der Waals surface area contributed by atoms with E-state index in [1.165, 1.54) is 26.4 Å². The van der Waals surface area contributed by atoms with E-state index in [-0.39, 0.29) is 16.0 Å². The van der Waals surface area contributed by atoms with Gasteiger partial charge in [0.2, 0.25) is 0 Å². The number of benzene rings is 2. The lowest BCUT2D eigenvalue weighted by molar-refractivity contribution is 0.0773. The number of amides is 2. The van der Waals surface area contributed by atoms with Crippen LogP contribution in [0.15, 0.2) is 30.3 Å². The maximum atomic E-state index is 12.6. The lowest BCUT2D eigenvalue weighted by Gasteiger charge is -2.19. The summed E-state index contributed by atoms with van der Waals surface area (Å²) >= 11 is 12.4. The van der Waals surface area contributed by atoms with Crippen LogP contribution in [0, 0.1) is 0 Å². The molecule has 2 aromatic rings. The molecular formula is C20H22Cl2N2O4. The van der Waals surface area contributed by atoms with Gasteiger partial charge in [0.15, 0.2) is 11.5 Å². The van der Waals surface area contributed by atoms with E-state index in [4.69, 9.17) is 32.7 Å². The first-order valence-corrected chi connectivity index (χ1v) is 9.43. The molecule has 2 amide bonds. The van der Waals surface area contributed by atoms with Gasteiger partial charge in [-0.15, -0.1) is 0 Å². The number of nitrogens with zero attached hydrogens (tertiary/aromatic N) is 1. The van der Waals surface area contributed by atoms with Gasteiger partial charge in [-0.25, -0.2) is 0 Å². The molecule has 0 heterocycles. The molecule has 28 heavy (non-hydrogen) atoms. The van der Waals surface area contributed by atoms with Gasteiger partial charge in [-0.3, -0.25) is 9.59 Å². The first-order chi connectivity index (χ1) is 13.4. The molecule has 150 valence electrons. The van der Waals surface area contributed by atoms with Crippen LogP contribution < -0.4 is 14.8 Å². The van der Waals surface area contributed by atoms with Crippen LogP contribution in [-0.2, 0) is 0 Å². The lowest BCUT2D eigenvalue weighted by atomic mass is 10.1. The number of hydrogen-bond donors (Lipinski definition) is 1. The van der Waals surface area contributed by atoms with Crippen LogP contribution in [0.2, 0.25) is 10.0 Å². The highest BCUT2D eigenvalue weighted by Gasteiger charge is 2.18. The number of anilines is 1. The summed E-state index contributed by atoms with van der Waals surface area (Å²) in [5, 5.41) is 3.25. The molecular weight excluding hydrogens is 403 g/mol. The molecule has 0 radical (unpaired) electrons. The first-order valence-electron chi connectivity index (χ1n) is 8.67. The number of ether oxygens (including phenoxy) is 2. The summed E-state index contributed by atoms with van der Waals surface area (Å²) in [6.07, 6.45) is 0. The summed E-state index contributed by atoms with van der Waals surface area (Å²) in [5.41, 5.74) is 1.14. The minimum atomic E-state index is -0.401. The smallest absolute Gasteiger partial charge is 0.255 e. The fourth-order valence-corrected chi connectivity index (χ4v) is 3.25. The number of hydrogen-bond acceptors (Lipinski definition) is 4. The Labute approximate surface area is 174 Å². The third-order valence-corrected chi connectivity index (χ3v) is 4.80. The third-order valence-electron chi connectivity index (χ3n) is 4.20. The Balaban J connectivity index is 2.24. The van der Waals surface area contributed by atoms with Crippen molar-refractivity contribution in [1.29, 1.82) is 0 Å². The Kier molecular flexibility index (Phi) is 7.54. The molecule has 0 spiro atoms. The molecule has 2 aromatic carbocycles. The van der Waals surface area contributed by atoms with E-state index >= 15 is 0 Å². The normalized spacial score (nSPS) is 10.4. The Morgan fingerprint density at radius 3 is 2.21 bits per heavy atom. The summed E-state index contributed by atoms with van der Waals surface area (Å²) in [7, 11) is 2.92. The van der Waals surface area contributed by atoms with Crippen LogP contribution >= 0.6 is 23.2 Å². The van der Waals surface area contributed by atoms with E-state index in [2.05, 4.69) is 5.32 Å².